The fourth-order valence-corrected chi connectivity index (χ4v) is 2.94. The molecule has 6 nitrogen and oxygen atoms in total. The first-order valence-corrected chi connectivity index (χ1v) is 7.81. The highest BCUT2D eigenvalue weighted by Crippen LogP contribution is 2.38. The van der Waals surface area contributed by atoms with Crippen LogP contribution in [0.2, 0.25) is 0 Å². The lowest BCUT2D eigenvalue weighted by molar-refractivity contribution is -0.124. The van der Waals surface area contributed by atoms with Gasteiger partial charge in [0, 0.05) is 18.2 Å². The van der Waals surface area contributed by atoms with Crippen LogP contribution in [-0.2, 0) is 14.3 Å². The second kappa shape index (κ2) is 7.13. The summed E-state index contributed by atoms with van der Waals surface area (Å²) in [5.41, 5.74) is 1.99. The molecule has 1 aliphatic heterocycles. The number of fused-ring (bicyclic) bond motifs is 1. The molecule has 0 aromatic heterocycles. The minimum Gasteiger partial charge on any atom is -0.493 e. The maximum Gasteiger partial charge on any atom is 0.201 e. The van der Waals surface area contributed by atoms with Crippen molar-refractivity contribution >= 4 is 5.78 Å². The first-order valence-electron chi connectivity index (χ1n) is 7.81. The van der Waals surface area contributed by atoms with Gasteiger partial charge in [-0.25, -0.2) is 0 Å². The molecule has 0 saturated heterocycles. The maximum absolute atomic E-state index is 12.6. The van der Waals surface area contributed by atoms with Gasteiger partial charge < -0.3 is 24.1 Å². The fraction of sp³-hybridized carbons (Fsp3) is 0.316. The zero-order valence-corrected chi connectivity index (χ0v) is 14.3. The molecule has 1 unspecified atom stereocenters. The van der Waals surface area contributed by atoms with E-state index in [0.29, 0.717) is 34.0 Å². The number of hydrogen-bond donors (Lipinski definition) is 1. The van der Waals surface area contributed by atoms with Gasteiger partial charge in [0.25, 0.3) is 0 Å². The molecule has 0 bridgehead atoms. The van der Waals surface area contributed by atoms with Gasteiger partial charge in [-0.05, 0) is 35.9 Å². The first-order chi connectivity index (χ1) is 12.1. The number of carbonyl (C=O) groups excluding carboxylic acids is 1. The minimum atomic E-state index is -0.787. The van der Waals surface area contributed by atoms with Crippen molar-refractivity contribution < 1.29 is 28.8 Å². The molecule has 1 aliphatic carbocycles. The van der Waals surface area contributed by atoms with Crippen molar-refractivity contribution in [3.05, 3.63) is 58.9 Å². The Kier molecular flexibility index (Phi) is 4.92. The highest BCUT2D eigenvalue weighted by molar-refractivity contribution is 5.97. The third-order valence-electron chi connectivity index (χ3n) is 4.22. The summed E-state index contributed by atoms with van der Waals surface area (Å²) < 4.78 is 21.8. The molecule has 0 saturated carbocycles. The predicted molar refractivity (Wildman–Crippen MR) is 90.5 cm³/mol. The molecule has 6 heteroatoms. The molecular weight excluding hydrogens is 324 g/mol. The van der Waals surface area contributed by atoms with E-state index < -0.39 is 12.2 Å². The van der Waals surface area contributed by atoms with Crippen LogP contribution in [0.3, 0.4) is 0 Å². The van der Waals surface area contributed by atoms with E-state index in [1.807, 2.05) is 0 Å². The van der Waals surface area contributed by atoms with Gasteiger partial charge >= 0.3 is 0 Å². The standard InChI is InChI=1S/C19H20O6/c1-22-15-5-4-12(8-18(15)24-3)19-14(21)9-13-16(23-2)6-11(10-20)7-17(13)25-19/h4-9,16,19-20H,10H2,1-3H3/t16?,19-/m1/s1. The number of aliphatic hydroxyl groups excluding tert-OH is 1. The average Bonchev–Trinajstić information content (AvgIpc) is 2.66. The Balaban J connectivity index is 1.98. The van der Waals surface area contributed by atoms with Crippen LogP contribution in [0.4, 0.5) is 0 Å². The van der Waals surface area contributed by atoms with Crippen molar-refractivity contribution in [1.82, 2.24) is 0 Å². The largest absolute Gasteiger partial charge is 0.493 e. The van der Waals surface area contributed by atoms with Gasteiger partial charge in [-0.15, -0.1) is 0 Å². The van der Waals surface area contributed by atoms with E-state index in [-0.39, 0.29) is 12.4 Å². The second-order valence-electron chi connectivity index (χ2n) is 5.68. The Morgan fingerprint density at radius 2 is 1.88 bits per heavy atom. The summed E-state index contributed by atoms with van der Waals surface area (Å²) in [5, 5.41) is 9.41. The Labute approximate surface area is 146 Å². The van der Waals surface area contributed by atoms with Crippen LogP contribution in [0, 0.1) is 0 Å². The molecule has 0 fully saturated rings. The van der Waals surface area contributed by atoms with Crippen LogP contribution < -0.4 is 9.47 Å². The van der Waals surface area contributed by atoms with Crippen LogP contribution in [-0.4, -0.2) is 44.9 Å². The molecule has 3 rings (SSSR count). The van der Waals surface area contributed by atoms with E-state index in [4.69, 9.17) is 18.9 Å². The third-order valence-corrected chi connectivity index (χ3v) is 4.22. The van der Waals surface area contributed by atoms with Crippen molar-refractivity contribution in [3.63, 3.8) is 0 Å². The molecule has 25 heavy (non-hydrogen) atoms. The second-order valence-corrected chi connectivity index (χ2v) is 5.68. The highest BCUT2D eigenvalue weighted by atomic mass is 16.5. The van der Waals surface area contributed by atoms with Gasteiger partial charge in [0.15, 0.2) is 17.6 Å². The molecule has 0 amide bonds. The molecule has 1 aromatic carbocycles. The van der Waals surface area contributed by atoms with Crippen molar-refractivity contribution in [2.45, 2.75) is 12.2 Å². The Hall–Kier alpha value is -2.57. The first kappa shape index (κ1) is 17.3. The summed E-state index contributed by atoms with van der Waals surface area (Å²) in [4.78, 5) is 12.6. The zero-order chi connectivity index (χ0) is 18.0. The number of rotatable bonds is 5. The summed E-state index contributed by atoms with van der Waals surface area (Å²) >= 11 is 0. The average molecular weight is 344 g/mol. The van der Waals surface area contributed by atoms with Crippen molar-refractivity contribution in [2.24, 2.45) is 0 Å². The normalized spacial score (nSPS) is 22.2. The predicted octanol–water partition coefficient (Wildman–Crippen LogP) is 2.10. The van der Waals surface area contributed by atoms with E-state index in [0.717, 1.165) is 0 Å². The van der Waals surface area contributed by atoms with Gasteiger partial charge in [-0.1, -0.05) is 6.07 Å². The van der Waals surface area contributed by atoms with Gasteiger partial charge in [0.2, 0.25) is 5.78 Å². The minimum absolute atomic E-state index is 0.130. The number of aliphatic hydroxyl groups is 1. The number of hydrogen-bond acceptors (Lipinski definition) is 6. The third kappa shape index (κ3) is 3.18. The lowest BCUT2D eigenvalue weighted by atomic mass is 9.92. The van der Waals surface area contributed by atoms with E-state index >= 15 is 0 Å². The molecule has 0 radical (unpaired) electrons. The smallest absolute Gasteiger partial charge is 0.201 e. The summed E-state index contributed by atoms with van der Waals surface area (Å²) in [5.74, 6) is 1.45. The van der Waals surface area contributed by atoms with E-state index in [9.17, 15) is 9.90 Å². The highest BCUT2D eigenvalue weighted by Gasteiger charge is 2.34. The number of benzene rings is 1. The van der Waals surface area contributed by atoms with Crippen LogP contribution in [0.5, 0.6) is 11.5 Å². The van der Waals surface area contributed by atoms with Gasteiger partial charge in [-0.2, -0.15) is 0 Å². The Bertz CT molecular complexity index is 774. The molecular formula is C19H20O6. The lowest BCUT2D eigenvalue weighted by Gasteiger charge is -2.31. The van der Waals surface area contributed by atoms with Crippen LogP contribution >= 0.6 is 0 Å². The van der Waals surface area contributed by atoms with E-state index in [1.165, 1.54) is 13.2 Å². The maximum atomic E-state index is 12.6. The van der Waals surface area contributed by atoms with Gasteiger partial charge in [0.1, 0.15) is 11.9 Å². The van der Waals surface area contributed by atoms with Crippen LogP contribution in [0.15, 0.2) is 53.3 Å². The van der Waals surface area contributed by atoms with Crippen LogP contribution in [0.25, 0.3) is 0 Å². The number of ketones is 1. The Morgan fingerprint density at radius 3 is 2.52 bits per heavy atom. The van der Waals surface area contributed by atoms with Crippen LogP contribution in [0.1, 0.15) is 11.7 Å². The molecule has 2 aliphatic rings. The van der Waals surface area contributed by atoms with Gasteiger partial charge in [-0.3, -0.25) is 4.79 Å². The number of ether oxygens (including phenoxy) is 4. The van der Waals surface area contributed by atoms with Gasteiger partial charge in [0.05, 0.1) is 20.8 Å². The zero-order valence-electron chi connectivity index (χ0n) is 14.3. The fourth-order valence-electron chi connectivity index (χ4n) is 2.94. The lowest BCUT2D eigenvalue weighted by Crippen LogP contribution is -2.27. The monoisotopic (exact) mass is 344 g/mol. The summed E-state index contributed by atoms with van der Waals surface area (Å²) in [6, 6.07) is 5.22. The molecule has 1 N–H and O–H groups in total. The topological polar surface area (TPSA) is 74.2 Å². The van der Waals surface area contributed by atoms with E-state index in [1.54, 1.807) is 44.6 Å². The van der Waals surface area contributed by atoms with Crippen molar-refractivity contribution in [3.8, 4) is 11.5 Å². The molecule has 132 valence electrons. The molecule has 2 atom stereocenters. The van der Waals surface area contributed by atoms with E-state index in [2.05, 4.69) is 0 Å². The Morgan fingerprint density at radius 1 is 1.12 bits per heavy atom. The summed E-state index contributed by atoms with van der Waals surface area (Å²) in [7, 11) is 4.63. The molecule has 1 heterocycles. The molecule has 0 spiro atoms. The number of carbonyl (C=O) groups is 1. The summed E-state index contributed by atoms with van der Waals surface area (Å²) in [6.45, 7) is -0.130. The summed E-state index contributed by atoms with van der Waals surface area (Å²) in [6.07, 6.45) is 3.82. The van der Waals surface area contributed by atoms with Crippen molar-refractivity contribution in [2.75, 3.05) is 27.9 Å². The SMILES string of the molecule is COc1ccc([C@H]2OC3=CC(CO)=CC(OC)C3=CC2=O)cc1OC. The van der Waals surface area contributed by atoms with Crippen molar-refractivity contribution in [1.29, 1.82) is 0 Å². The number of methoxy groups -OCH3 is 3. The molecule has 1 aromatic rings. The quantitative estimate of drug-likeness (QED) is 0.882.